The van der Waals surface area contributed by atoms with Gasteiger partial charge in [-0.2, -0.15) is 0 Å². The average molecular weight is 196 g/mol. The third kappa shape index (κ3) is 1.93. The first-order valence-corrected chi connectivity index (χ1v) is 4.90. The first kappa shape index (κ1) is 9.61. The van der Waals surface area contributed by atoms with Crippen LogP contribution in [0.4, 0.5) is 0 Å². The largest absolute Gasteiger partial charge is 0.382 e. The van der Waals surface area contributed by atoms with Crippen LogP contribution in [-0.4, -0.2) is 32.7 Å². The lowest BCUT2D eigenvalue weighted by molar-refractivity contribution is 0.0481. The molecule has 78 valence electrons. The third-order valence-corrected chi connectivity index (χ3v) is 2.58. The molecular formula is C9H16N4O. The molecule has 1 atom stereocenters. The molecule has 1 heterocycles. The van der Waals surface area contributed by atoms with Crippen molar-refractivity contribution in [1.29, 1.82) is 0 Å². The minimum Gasteiger partial charge on any atom is -0.382 e. The predicted molar refractivity (Wildman–Crippen MR) is 51.6 cm³/mol. The van der Waals surface area contributed by atoms with Crippen LogP contribution >= 0.6 is 0 Å². The molecule has 0 amide bonds. The Balaban J connectivity index is 2.02. The van der Waals surface area contributed by atoms with Crippen molar-refractivity contribution >= 4 is 0 Å². The van der Waals surface area contributed by atoms with Gasteiger partial charge in [-0.15, -0.1) is 5.10 Å². The molecule has 5 nitrogen and oxygen atoms in total. The number of nitrogens with one attached hydrogen (secondary N) is 1. The van der Waals surface area contributed by atoms with Gasteiger partial charge in [-0.1, -0.05) is 5.21 Å². The summed E-state index contributed by atoms with van der Waals surface area (Å²) in [6, 6.07) is 0.600. The quantitative estimate of drug-likeness (QED) is 0.698. The number of aromatic nitrogens is 3. The normalized spacial score (nSPS) is 20.8. The minimum atomic E-state index is -0.888. The molecule has 5 heteroatoms. The van der Waals surface area contributed by atoms with Gasteiger partial charge in [-0.3, -0.25) is 0 Å². The lowest BCUT2D eigenvalue weighted by Gasteiger charge is -2.23. The van der Waals surface area contributed by atoms with Gasteiger partial charge in [0.05, 0.1) is 11.9 Å². The van der Waals surface area contributed by atoms with Gasteiger partial charge in [0, 0.05) is 19.6 Å². The van der Waals surface area contributed by atoms with E-state index in [-0.39, 0.29) is 0 Å². The van der Waals surface area contributed by atoms with Gasteiger partial charge in [0.15, 0.2) is 0 Å². The molecule has 1 aromatic heterocycles. The summed E-state index contributed by atoms with van der Waals surface area (Å²) in [4.78, 5) is 0. The Morgan fingerprint density at radius 3 is 2.93 bits per heavy atom. The highest BCUT2D eigenvalue weighted by Gasteiger charge is 2.30. The van der Waals surface area contributed by atoms with E-state index in [4.69, 9.17) is 0 Å². The zero-order valence-electron chi connectivity index (χ0n) is 8.56. The molecule has 2 rings (SSSR count). The first-order valence-electron chi connectivity index (χ1n) is 4.90. The van der Waals surface area contributed by atoms with E-state index in [2.05, 4.69) is 15.6 Å². The van der Waals surface area contributed by atoms with E-state index in [0.29, 0.717) is 12.6 Å². The van der Waals surface area contributed by atoms with Crippen molar-refractivity contribution in [1.82, 2.24) is 20.3 Å². The van der Waals surface area contributed by atoms with Crippen molar-refractivity contribution in [2.45, 2.75) is 31.4 Å². The molecule has 2 N–H and O–H groups in total. The van der Waals surface area contributed by atoms with Crippen LogP contribution in [-0.2, 0) is 12.6 Å². The molecule has 14 heavy (non-hydrogen) atoms. The highest BCUT2D eigenvalue weighted by Crippen LogP contribution is 2.22. The highest BCUT2D eigenvalue weighted by atomic mass is 16.3. The van der Waals surface area contributed by atoms with Crippen LogP contribution in [0.1, 0.15) is 25.5 Å². The van der Waals surface area contributed by atoms with Crippen molar-refractivity contribution in [3.63, 3.8) is 0 Å². The van der Waals surface area contributed by atoms with Gasteiger partial charge >= 0.3 is 0 Å². The maximum atomic E-state index is 10.2. The summed E-state index contributed by atoms with van der Waals surface area (Å²) in [5.74, 6) is 0. The lowest BCUT2D eigenvalue weighted by atomic mass is 10.0. The summed E-state index contributed by atoms with van der Waals surface area (Å²) in [6.45, 7) is 2.33. The number of nitrogens with zero attached hydrogens (tertiary/aromatic N) is 3. The molecule has 0 radical (unpaired) electrons. The molecule has 1 aliphatic carbocycles. The standard InChI is InChI=1S/C9H16N4O/c1-9(14,6-10-7-3-4-7)8-5-11-12-13(8)2/h5,7,10,14H,3-4,6H2,1-2H3. The molecule has 0 spiro atoms. The summed E-state index contributed by atoms with van der Waals surface area (Å²) in [6.07, 6.45) is 4.05. The smallest absolute Gasteiger partial charge is 0.117 e. The van der Waals surface area contributed by atoms with Gasteiger partial charge in [-0.05, 0) is 19.8 Å². The van der Waals surface area contributed by atoms with Crippen LogP contribution in [0.15, 0.2) is 6.20 Å². The summed E-state index contributed by atoms with van der Waals surface area (Å²) in [5, 5.41) is 21.0. The number of aryl methyl sites for hydroxylation is 1. The summed E-state index contributed by atoms with van der Waals surface area (Å²) >= 11 is 0. The Morgan fingerprint density at radius 1 is 1.71 bits per heavy atom. The number of rotatable bonds is 4. The maximum Gasteiger partial charge on any atom is 0.117 e. The molecule has 0 aromatic carbocycles. The average Bonchev–Trinajstić information content (AvgIpc) is 2.85. The van der Waals surface area contributed by atoms with E-state index in [1.54, 1.807) is 24.9 Å². The minimum absolute atomic E-state index is 0.554. The van der Waals surface area contributed by atoms with Crippen LogP contribution in [0.2, 0.25) is 0 Å². The Hall–Kier alpha value is -0.940. The van der Waals surface area contributed by atoms with Gasteiger partial charge < -0.3 is 10.4 Å². The first-order chi connectivity index (χ1) is 6.59. The molecular weight excluding hydrogens is 180 g/mol. The van der Waals surface area contributed by atoms with Crippen LogP contribution in [0.25, 0.3) is 0 Å². The molecule has 1 aromatic rings. The molecule has 1 unspecified atom stereocenters. The van der Waals surface area contributed by atoms with Gasteiger partial charge in [0.2, 0.25) is 0 Å². The van der Waals surface area contributed by atoms with Gasteiger partial charge in [0.1, 0.15) is 5.60 Å². The van der Waals surface area contributed by atoms with E-state index >= 15 is 0 Å². The molecule has 0 aliphatic heterocycles. The van der Waals surface area contributed by atoms with E-state index in [1.165, 1.54) is 12.8 Å². The molecule has 0 bridgehead atoms. The fourth-order valence-electron chi connectivity index (χ4n) is 1.50. The number of hydrogen-bond donors (Lipinski definition) is 2. The number of aliphatic hydroxyl groups is 1. The summed E-state index contributed by atoms with van der Waals surface area (Å²) in [5.41, 5.74) is -0.147. The molecule has 0 saturated heterocycles. The summed E-state index contributed by atoms with van der Waals surface area (Å²) in [7, 11) is 1.79. The van der Waals surface area contributed by atoms with Gasteiger partial charge in [-0.25, -0.2) is 4.68 Å². The Kier molecular flexibility index (Phi) is 2.28. The predicted octanol–water partition coefficient (Wildman–Crippen LogP) is -0.225. The molecule has 1 aliphatic rings. The second kappa shape index (κ2) is 3.33. The monoisotopic (exact) mass is 196 g/mol. The van der Waals surface area contributed by atoms with Crippen LogP contribution < -0.4 is 5.32 Å². The SMILES string of the molecule is Cn1nncc1C(C)(O)CNC1CC1. The Morgan fingerprint density at radius 2 is 2.43 bits per heavy atom. The van der Waals surface area contributed by atoms with Crippen LogP contribution in [0.3, 0.4) is 0 Å². The van der Waals surface area contributed by atoms with Gasteiger partial charge in [0.25, 0.3) is 0 Å². The van der Waals surface area contributed by atoms with E-state index in [1.807, 2.05) is 0 Å². The Labute approximate surface area is 83.1 Å². The van der Waals surface area contributed by atoms with Crippen molar-refractivity contribution < 1.29 is 5.11 Å². The van der Waals surface area contributed by atoms with E-state index in [0.717, 1.165) is 5.69 Å². The van der Waals surface area contributed by atoms with Crippen LogP contribution in [0.5, 0.6) is 0 Å². The third-order valence-electron chi connectivity index (χ3n) is 2.58. The van der Waals surface area contributed by atoms with Crippen LogP contribution in [0, 0.1) is 0 Å². The fraction of sp³-hybridized carbons (Fsp3) is 0.778. The maximum absolute atomic E-state index is 10.2. The topological polar surface area (TPSA) is 63.0 Å². The van der Waals surface area contributed by atoms with Crippen molar-refractivity contribution in [2.24, 2.45) is 7.05 Å². The zero-order chi connectivity index (χ0) is 10.2. The van der Waals surface area contributed by atoms with E-state index < -0.39 is 5.60 Å². The van der Waals surface area contributed by atoms with Crippen molar-refractivity contribution in [3.05, 3.63) is 11.9 Å². The number of hydrogen-bond acceptors (Lipinski definition) is 4. The molecule has 1 saturated carbocycles. The Bertz CT molecular complexity index is 316. The summed E-state index contributed by atoms with van der Waals surface area (Å²) < 4.78 is 1.61. The van der Waals surface area contributed by atoms with Crippen molar-refractivity contribution in [3.8, 4) is 0 Å². The van der Waals surface area contributed by atoms with Crippen molar-refractivity contribution in [2.75, 3.05) is 6.54 Å². The lowest BCUT2D eigenvalue weighted by Crippen LogP contribution is -2.37. The highest BCUT2D eigenvalue weighted by molar-refractivity contribution is 5.07. The second-order valence-electron chi connectivity index (χ2n) is 4.17. The van der Waals surface area contributed by atoms with E-state index in [9.17, 15) is 5.11 Å². The molecule has 1 fully saturated rings. The second-order valence-corrected chi connectivity index (χ2v) is 4.17. The zero-order valence-corrected chi connectivity index (χ0v) is 8.56. The fourth-order valence-corrected chi connectivity index (χ4v) is 1.50.